The van der Waals surface area contributed by atoms with Crippen molar-refractivity contribution in [3.63, 3.8) is 0 Å². The molecular weight excluding hydrogens is 462 g/mol. The Hall–Kier alpha value is -2.27. The molecule has 2 aliphatic rings. The summed E-state index contributed by atoms with van der Waals surface area (Å²) in [5.74, 6) is -0.0349. The number of hydrogen-bond donors (Lipinski definition) is 1. The Morgan fingerprint density at radius 3 is 2.24 bits per heavy atom. The zero-order valence-corrected chi connectivity index (χ0v) is 20.3. The standard InChI is InChI=1S/C23H29N3O5S2/c1-24-32(28,29)20-8-5-18(6-9-20)7-12-23(27)26-16-13-19-17-21(10-11-22(19)26)33(30,31)25-14-3-2-4-15-25/h5-6,8-11,17,24H,2-4,7,12-16H2,1H3. The van der Waals surface area contributed by atoms with Crippen LogP contribution in [0.2, 0.25) is 0 Å². The molecule has 2 aromatic rings. The SMILES string of the molecule is CNS(=O)(=O)c1ccc(CCC(=O)N2CCc3cc(S(=O)(=O)N4CCCCC4)ccc32)cc1. The van der Waals surface area contributed by atoms with Crippen LogP contribution in [0, 0.1) is 0 Å². The summed E-state index contributed by atoms with van der Waals surface area (Å²) in [6.07, 6.45) is 4.24. The van der Waals surface area contributed by atoms with Gasteiger partial charge in [0.05, 0.1) is 9.79 Å². The van der Waals surface area contributed by atoms with E-state index >= 15 is 0 Å². The first-order chi connectivity index (χ1) is 15.7. The minimum absolute atomic E-state index is 0.0349. The van der Waals surface area contributed by atoms with Gasteiger partial charge in [-0.3, -0.25) is 4.79 Å². The number of nitrogens with one attached hydrogen (secondary N) is 1. The monoisotopic (exact) mass is 491 g/mol. The normalized spacial score (nSPS) is 17.2. The molecule has 0 saturated carbocycles. The van der Waals surface area contributed by atoms with Gasteiger partial charge in [0.15, 0.2) is 0 Å². The van der Waals surface area contributed by atoms with Crippen molar-refractivity contribution in [1.29, 1.82) is 0 Å². The number of carbonyl (C=O) groups excluding carboxylic acids is 1. The molecule has 0 bridgehead atoms. The van der Waals surface area contributed by atoms with Crippen LogP contribution in [0.25, 0.3) is 0 Å². The smallest absolute Gasteiger partial charge is 0.243 e. The van der Waals surface area contributed by atoms with Gasteiger partial charge < -0.3 is 4.90 Å². The van der Waals surface area contributed by atoms with E-state index < -0.39 is 20.0 Å². The van der Waals surface area contributed by atoms with Gasteiger partial charge in [0, 0.05) is 31.7 Å². The molecule has 10 heteroatoms. The fraction of sp³-hybridized carbons (Fsp3) is 0.435. The fourth-order valence-electron chi connectivity index (χ4n) is 4.39. The molecule has 0 spiro atoms. The molecule has 1 amide bonds. The molecule has 0 radical (unpaired) electrons. The van der Waals surface area contributed by atoms with Crippen molar-refractivity contribution in [1.82, 2.24) is 9.03 Å². The van der Waals surface area contributed by atoms with E-state index in [1.807, 2.05) is 0 Å². The zero-order valence-electron chi connectivity index (χ0n) is 18.7. The number of hydrogen-bond acceptors (Lipinski definition) is 5. The van der Waals surface area contributed by atoms with E-state index in [2.05, 4.69) is 4.72 Å². The van der Waals surface area contributed by atoms with Gasteiger partial charge in [-0.05, 0) is 74.2 Å². The van der Waals surface area contributed by atoms with Crippen molar-refractivity contribution in [2.24, 2.45) is 0 Å². The van der Waals surface area contributed by atoms with Crippen LogP contribution in [0.3, 0.4) is 0 Å². The van der Waals surface area contributed by atoms with Gasteiger partial charge in [-0.1, -0.05) is 18.6 Å². The highest BCUT2D eigenvalue weighted by molar-refractivity contribution is 7.89. The zero-order chi connectivity index (χ0) is 23.6. The van der Waals surface area contributed by atoms with Crippen LogP contribution in [-0.4, -0.2) is 53.7 Å². The quantitative estimate of drug-likeness (QED) is 0.640. The summed E-state index contributed by atoms with van der Waals surface area (Å²) in [5.41, 5.74) is 2.52. The first-order valence-corrected chi connectivity index (χ1v) is 14.1. The van der Waals surface area contributed by atoms with Gasteiger partial charge >= 0.3 is 0 Å². The lowest BCUT2D eigenvalue weighted by Gasteiger charge is -2.26. The number of carbonyl (C=O) groups is 1. The topological polar surface area (TPSA) is 104 Å². The maximum Gasteiger partial charge on any atom is 0.243 e. The third-order valence-electron chi connectivity index (χ3n) is 6.33. The number of fused-ring (bicyclic) bond motifs is 1. The molecule has 1 fully saturated rings. The Labute approximate surface area is 195 Å². The van der Waals surface area contributed by atoms with Crippen molar-refractivity contribution in [3.8, 4) is 0 Å². The average Bonchev–Trinajstić information content (AvgIpc) is 3.27. The maximum absolute atomic E-state index is 13.0. The van der Waals surface area contributed by atoms with E-state index in [-0.39, 0.29) is 17.2 Å². The molecule has 33 heavy (non-hydrogen) atoms. The minimum atomic E-state index is -3.50. The number of anilines is 1. The molecule has 2 aliphatic heterocycles. The summed E-state index contributed by atoms with van der Waals surface area (Å²) in [5, 5.41) is 0. The molecule has 0 atom stereocenters. The van der Waals surface area contributed by atoms with Crippen molar-refractivity contribution in [3.05, 3.63) is 53.6 Å². The summed E-state index contributed by atoms with van der Waals surface area (Å²) in [6.45, 7) is 1.65. The molecule has 1 N–H and O–H groups in total. The highest BCUT2D eigenvalue weighted by atomic mass is 32.2. The highest BCUT2D eigenvalue weighted by Gasteiger charge is 2.30. The Morgan fingerprint density at radius 2 is 1.58 bits per heavy atom. The molecule has 4 rings (SSSR count). The molecule has 0 unspecified atom stereocenters. The number of aryl methyl sites for hydroxylation is 1. The largest absolute Gasteiger partial charge is 0.312 e. The lowest BCUT2D eigenvalue weighted by atomic mass is 10.1. The van der Waals surface area contributed by atoms with Gasteiger partial charge in [0.1, 0.15) is 0 Å². The van der Waals surface area contributed by atoms with Crippen molar-refractivity contribution in [2.75, 3.05) is 31.6 Å². The Balaban J connectivity index is 1.42. The van der Waals surface area contributed by atoms with Gasteiger partial charge in [-0.2, -0.15) is 4.31 Å². The van der Waals surface area contributed by atoms with Crippen LogP contribution in [0.5, 0.6) is 0 Å². The van der Waals surface area contributed by atoms with Crippen LogP contribution >= 0.6 is 0 Å². The molecule has 178 valence electrons. The minimum Gasteiger partial charge on any atom is -0.312 e. The Kier molecular flexibility index (Phi) is 6.90. The Morgan fingerprint density at radius 1 is 0.909 bits per heavy atom. The fourth-order valence-corrected chi connectivity index (χ4v) is 6.69. The van der Waals surface area contributed by atoms with Crippen LogP contribution in [0.4, 0.5) is 5.69 Å². The molecule has 0 aromatic heterocycles. The third-order valence-corrected chi connectivity index (χ3v) is 9.66. The van der Waals surface area contributed by atoms with Crippen molar-refractivity contribution < 1.29 is 21.6 Å². The molecule has 2 heterocycles. The molecule has 1 saturated heterocycles. The van der Waals surface area contributed by atoms with E-state index in [4.69, 9.17) is 0 Å². The first-order valence-electron chi connectivity index (χ1n) is 11.2. The number of amides is 1. The number of piperidine rings is 1. The van der Waals surface area contributed by atoms with Gasteiger partial charge in [-0.25, -0.2) is 21.6 Å². The molecular formula is C23H29N3O5S2. The molecule has 2 aromatic carbocycles. The molecule has 8 nitrogen and oxygen atoms in total. The maximum atomic E-state index is 13.0. The third kappa shape index (κ3) is 4.98. The van der Waals surface area contributed by atoms with Gasteiger partial charge in [-0.15, -0.1) is 0 Å². The lowest BCUT2D eigenvalue weighted by molar-refractivity contribution is -0.118. The summed E-state index contributed by atoms with van der Waals surface area (Å²) in [6, 6.07) is 11.6. The van der Waals surface area contributed by atoms with E-state index in [0.717, 1.165) is 36.1 Å². The van der Waals surface area contributed by atoms with E-state index in [9.17, 15) is 21.6 Å². The summed E-state index contributed by atoms with van der Waals surface area (Å²) < 4.78 is 53.4. The van der Waals surface area contributed by atoms with Crippen LogP contribution in [-0.2, 0) is 37.7 Å². The van der Waals surface area contributed by atoms with E-state index in [0.29, 0.717) is 37.4 Å². The summed E-state index contributed by atoms with van der Waals surface area (Å²) in [7, 11) is -5.62. The number of benzene rings is 2. The van der Waals surface area contributed by atoms with Crippen LogP contribution in [0.15, 0.2) is 52.3 Å². The second kappa shape index (κ2) is 9.54. The second-order valence-electron chi connectivity index (χ2n) is 8.40. The van der Waals surface area contributed by atoms with Crippen molar-refractivity contribution >= 4 is 31.6 Å². The number of rotatable bonds is 7. The van der Waals surface area contributed by atoms with Crippen LogP contribution in [0.1, 0.15) is 36.8 Å². The molecule has 0 aliphatic carbocycles. The lowest BCUT2D eigenvalue weighted by Crippen LogP contribution is -2.35. The number of sulfonamides is 2. The second-order valence-corrected chi connectivity index (χ2v) is 12.2. The van der Waals surface area contributed by atoms with Gasteiger partial charge in [0.2, 0.25) is 26.0 Å². The highest BCUT2D eigenvalue weighted by Crippen LogP contribution is 2.32. The Bertz CT molecular complexity index is 1240. The predicted molar refractivity (Wildman–Crippen MR) is 126 cm³/mol. The first kappa shape index (κ1) is 23.9. The van der Waals surface area contributed by atoms with E-state index in [1.54, 1.807) is 39.5 Å². The summed E-state index contributed by atoms with van der Waals surface area (Å²) in [4.78, 5) is 15.1. The van der Waals surface area contributed by atoms with Gasteiger partial charge in [0.25, 0.3) is 0 Å². The number of nitrogens with zero attached hydrogens (tertiary/aromatic N) is 2. The average molecular weight is 492 g/mol. The predicted octanol–water partition coefficient (Wildman–Crippen LogP) is 2.29. The van der Waals surface area contributed by atoms with Crippen molar-refractivity contribution in [2.45, 2.75) is 48.3 Å². The summed E-state index contributed by atoms with van der Waals surface area (Å²) >= 11 is 0. The van der Waals surface area contributed by atoms with E-state index in [1.165, 1.54) is 19.2 Å². The van der Waals surface area contributed by atoms with Crippen LogP contribution < -0.4 is 9.62 Å².